The number of thioether (sulfide) groups is 1. The number of nitrogens with zero attached hydrogens (tertiary/aromatic N) is 3. The third kappa shape index (κ3) is 6.06. The van der Waals surface area contributed by atoms with Gasteiger partial charge in [-0.2, -0.15) is 0 Å². The fraction of sp³-hybridized carbons (Fsp3) is 0.263. The number of primary amides is 1. The molecule has 0 atom stereocenters. The normalized spacial score (nSPS) is 10.8. The molecule has 152 valence electrons. The lowest BCUT2D eigenvalue weighted by Crippen LogP contribution is -2.23. The number of nitrogens with two attached hydrogens (primary N) is 1. The van der Waals surface area contributed by atoms with Crippen LogP contribution >= 0.6 is 34.7 Å². The summed E-state index contributed by atoms with van der Waals surface area (Å²) in [6.07, 6.45) is 0.522. The van der Waals surface area contributed by atoms with E-state index in [0.717, 1.165) is 10.4 Å². The maximum atomic E-state index is 12.1. The summed E-state index contributed by atoms with van der Waals surface area (Å²) in [6, 6.07) is 11.3. The Morgan fingerprint density at radius 3 is 2.72 bits per heavy atom. The van der Waals surface area contributed by atoms with Crippen molar-refractivity contribution >= 4 is 46.5 Å². The van der Waals surface area contributed by atoms with Gasteiger partial charge in [0.2, 0.25) is 11.8 Å². The summed E-state index contributed by atoms with van der Waals surface area (Å²) in [6.45, 7) is 0.789. The van der Waals surface area contributed by atoms with Crippen LogP contribution in [0.4, 0.5) is 0 Å². The van der Waals surface area contributed by atoms with Crippen molar-refractivity contribution in [1.82, 2.24) is 20.1 Å². The maximum absolute atomic E-state index is 12.1. The molecular weight excluding hydrogens is 430 g/mol. The van der Waals surface area contributed by atoms with Crippen LogP contribution in [0.15, 0.2) is 46.9 Å². The van der Waals surface area contributed by atoms with Crippen molar-refractivity contribution in [3.8, 4) is 10.7 Å². The first-order valence-corrected chi connectivity index (χ1v) is 11.2. The number of rotatable bonds is 10. The summed E-state index contributed by atoms with van der Waals surface area (Å²) in [5, 5.41) is 14.6. The van der Waals surface area contributed by atoms with Crippen molar-refractivity contribution in [1.29, 1.82) is 0 Å². The number of hydrogen-bond donors (Lipinski definition) is 2. The number of amides is 2. The van der Waals surface area contributed by atoms with Crippen LogP contribution in [0.25, 0.3) is 10.7 Å². The second kappa shape index (κ2) is 10.4. The van der Waals surface area contributed by atoms with E-state index in [1.807, 2.05) is 40.3 Å². The molecule has 0 aliphatic carbocycles. The Labute approximate surface area is 181 Å². The highest BCUT2D eigenvalue weighted by molar-refractivity contribution is 7.99. The first kappa shape index (κ1) is 21.4. The molecule has 2 heterocycles. The van der Waals surface area contributed by atoms with Gasteiger partial charge in [0.05, 0.1) is 4.88 Å². The number of carbonyl (C=O) groups excluding carboxylic acids is 2. The minimum absolute atomic E-state index is 0.0703. The molecule has 0 aliphatic rings. The fourth-order valence-corrected chi connectivity index (χ4v) is 4.39. The van der Waals surface area contributed by atoms with Gasteiger partial charge in [0, 0.05) is 36.7 Å². The summed E-state index contributed by atoms with van der Waals surface area (Å²) in [4.78, 5) is 24.3. The topological polar surface area (TPSA) is 103 Å². The van der Waals surface area contributed by atoms with Crippen LogP contribution in [-0.4, -0.2) is 32.3 Å². The molecule has 0 spiro atoms. The van der Waals surface area contributed by atoms with E-state index in [0.29, 0.717) is 41.3 Å². The van der Waals surface area contributed by atoms with E-state index in [2.05, 4.69) is 15.5 Å². The van der Waals surface area contributed by atoms with Gasteiger partial charge in [0.25, 0.3) is 0 Å². The Morgan fingerprint density at radius 1 is 1.17 bits per heavy atom. The molecule has 0 saturated carbocycles. The number of aromatic nitrogens is 3. The van der Waals surface area contributed by atoms with Gasteiger partial charge in [-0.05, 0) is 23.1 Å². The van der Waals surface area contributed by atoms with Gasteiger partial charge in [0.1, 0.15) is 0 Å². The second-order valence-corrected chi connectivity index (χ2v) is 8.54. The minimum Gasteiger partial charge on any atom is -0.370 e. The second-order valence-electron chi connectivity index (χ2n) is 6.12. The van der Waals surface area contributed by atoms with Gasteiger partial charge in [0.15, 0.2) is 11.0 Å². The highest BCUT2D eigenvalue weighted by atomic mass is 35.5. The first-order chi connectivity index (χ1) is 14.0. The van der Waals surface area contributed by atoms with E-state index in [1.54, 1.807) is 17.4 Å². The summed E-state index contributed by atoms with van der Waals surface area (Å²) in [5.41, 5.74) is 6.18. The standard InChI is InChI=1S/C19H20ClN5O2S2/c20-14-5-2-1-4-13(14)12-22-17(27)8-11-29-19-24-23-18(15-6-3-10-28-15)25(19)9-7-16(21)26/h1-6,10H,7-9,11-12H2,(H2,21,26)(H,22,27). The molecule has 3 rings (SSSR count). The highest BCUT2D eigenvalue weighted by Gasteiger charge is 2.16. The van der Waals surface area contributed by atoms with Crippen molar-refractivity contribution in [2.24, 2.45) is 5.73 Å². The quantitative estimate of drug-likeness (QED) is 0.462. The summed E-state index contributed by atoms with van der Waals surface area (Å²) in [5.74, 6) is 0.782. The van der Waals surface area contributed by atoms with Gasteiger partial charge in [-0.25, -0.2) is 0 Å². The Balaban J connectivity index is 1.56. The van der Waals surface area contributed by atoms with Crippen LogP contribution in [0, 0.1) is 0 Å². The van der Waals surface area contributed by atoms with Gasteiger partial charge in [-0.3, -0.25) is 9.59 Å². The number of thiophene rings is 1. The molecule has 7 nitrogen and oxygen atoms in total. The molecule has 0 aliphatic heterocycles. The first-order valence-electron chi connectivity index (χ1n) is 8.93. The Bertz CT molecular complexity index is 975. The van der Waals surface area contributed by atoms with E-state index in [1.165, 1.54) is 11.8 Å². The van der Waals surface area contributed by atoms with Crippen molar-refractivity contribution in [2.75, 3.05) is 5.75 Å². The molecule has 1 aromatic carbocycles. The van der Waals surface area contributed by atoms with E-state index < -0.39 is 0 Å². The van der Waals surface area contributed by atoms with E-state index in [9.17, 15) is 9.59 Å². The van der Waals surface area contributed by atoms with E-state index in [4.69, 9.17) is 17.3 Å². The molecule has 2 aromatic heterocycles. The largest absolute Gasteiger partial charge is 0.370 e. The molecule has 0 fully saturated rings. The van der Waals surface area contributed by atoms with Crippen molar-refractivity contribution in [2.45, 2.75) is 31.1 Å². The predicted octanol–water partition coefficient (Wildman–Crippen LogP) is 3.33. The lowest BCUT2D eigenvalue weighted by atomic mass is 10.2. The van der Waals surface area contributed by atoms with Crippen LogP contribution in [0.2, 0.25) is 5.02 Å². The Kier molecular flexibility index (Phi) is 7.68. The summed E-state index contributed by atoms with van der Waals surface area (Å²) in [7, 11) is 0. The third-order valence-electron chi connectivity index (χ3n) is 4.03. The van der Waals surface area contributed by atoms with Crippen molar-refractivity contribution in [3.63, 3.8) is 0 Å². The lowest BCUT2D eigenvalue weighted by Gasteiger charge is -2.09. The third-order valence-corrected chi connectivity index (χ3v) is 6.24. The SMILES string of the molecule is NC(=O)CCn1c(SCCC(=O)NCc2ccccc2Cl)nnc1-c1cccs1. The molecule has 3 N–H and O–H groups in total. The Hall–Kier alpha value is -2.36. The molecular formula is C19H20ClN5O2S2. The monoisotopic (exact) mass is 449 g/mol. The molecule has 3 aromatic rings. The predicted molar refractivity (Wildman–Crippen MR) is 116 cm³/mol. The zero-order valence-corrected chi connectivity index (χ0v) is 17.9. The molecule has 0 saturated heterocycles. The van der Waals surface area contributed by atoms with Crippen LogP contribution in [-0.2, 0) is 22.7 Å². The highest BCUT2D eigenvalue weighted by Crippen LogP contribution is 2.27. The van der Waals surface area contributed by atoms with Crippen LogP contribution in [0.5, 0.6) is 0 Å². The molecule has 29 heavy (non-hydrogen) atoms. The fourth-order valence-electron chi connectivity index (χ4n) is 2.57. The smallest absolute Gasteiger partial charge is 0.221 e. The van der Waals surface area contributed by atoms with E-state index >= 15 is 0 Å². The van der Waals surface area contributed by atoms with Crippen LogP contribution in [0.1, 0.15) is 18.4 Å². The average molecular weight is 450 g/mol. The van der Waals surface area contributed by atoms with Crippen molar-refractivity contribution < 1.29 is 9.59 Å². The minimum atomic E-state index is -0.384. The molecule has 0 unspecified atom stereocenters. The molecule has 2 amide bonds. The average Bonchev–Trinajstić information content (AvgIpc) is 3.35. The van der Waals surface area contributed by atoms with Crippen LogP contribution in [0.3, 0.4) is 0 Å². The molecule has 0 bridgehead atoms. The number of benzene rings is 1. The molecule has 10 heteroatoms. The van der Waals surface area contributed by atoms with Crippen molar-refractivity contribution in [3.05, 3.63) is 52.4 Å². The summed E-state index contributed by atoms with van der Waals surface area (Å²) >= 11 is 9.07. The van der Waals surface area contributed by atoms with E-state index in [-0.39, 0.29) is 18.2 Å². The van der Waals surface area contributed by atoms with Gasteiger partial charge in [-0.15, -0.1) is 21.5 Å². The van der Waals surface area contributed by atoms with Crippen LogP contribution < -0.4 is 11.1 Å². The number of nitrogens with one attached hydrogen (secondary N) is 1. The van der Waals surface area contributed by atoms with Gasteiger partial charge < -0.3 is 15.6 Å². The lowest BCUT2D eigenvalue weighted by molar-refractivity contribution is -0.121. The zero-order valence-electron chi connectivity index (χ0n) is 15.5. The summed E-state index contributed by atoms with van der Waals surface area (Å²) < 4.78 is 1.88. The maximum Gasteiger partial charge on any atom is 0.221 e. The Morgan fingerprint density at radius 2 is 2.00 bits per heavy atom. The number of halogens is 1. The zero-order chi connectivity index (χ0) is 20.6. The number of hydrogen-bond acceptors (Lipinski definition) is 6. The number of carbonyl (C=O) groups is 2. The van der Waals surface area contributed by atoms with Gasteiger partial charge >= 0.3 is 0 Å². The molecule has 0 radical (unpaired) electrons. The van der Waals surface area contributed by atoms with Gasteiger partial charge in [-0.1, -0.05) is 47.6 Å².